The average Bonchev–Trinajstić information content (AvgIpc) is 2.93. The van der Waals surface area contributed by atoms with Gasteiger partial charge in [-0.05, 0) is 44.4 Å². The normalized spacial score (nSPS) is 16.1. The monoisotopic (exact) mass is 385 g/mol. The molecule has 0 radical (unpaired) electrons. The summed E-state index contributed by atoms with van der Waals surface area (Å²) in [6, 6.07) is 2.66. The summed E-state index contributed by atoms with van der Waals surface area (Å²) in [6.45, 7) is 3.39. The molecule has 1 N–H and O–H groups in total. The molecule has 2 aromatic rings. The molecule has 1 aliphatic rings. The first-order chi connectivity index (χ1) is 12.2. The molecule has 1 saturated heterocycles. The molecule has 1 fully saturated rings. The molecular weight excluding hydrogens is 367 g/mol. The third-order valence-corrected chi connectivity index (χ3v) is 6.62. The number of benzene rings is 1. The molecule has 0 amide bonds. The van der Waals surface area contributed by atoms with E-state index in [2.05, 4.69) is 10.2 Å². The van der Waals surface area contributed by atoms with Crippen molar-refractivity contribution in [2.24, 2.45) is 0 Å². The van der Waals surface area contributed by atoms with Crippen LogP contribution in [0.25, 0.3) is 5.83 Å². The molecule has 1 aromatic carbocycles. The van der Waals surface area contributed by atoms with E-state index < -0.39 is 27.5 Å². The van der Waals surface area contributed by atoms with Crippen LogP contribution in [0.2, 0.25) is 0 Å². The Morgan fingerprint density at radius 1 is 1.19 bits per heavy atom. The maximum atomic E-state index is 14.6. The van der Waals surface area contributed by atoms with E-state index in [1.165, 1.54) is 4.31 Å². The lowest BCUT2D eigenvalue weighted by Crippen LogP contribution is -2.37. The maximum Gasteiger partial charge on any atom is 0.246 e. The van der Waals surface area contributed by atoms with Crippen molar-refractivity contribution in [2.45, 2.75) is 31.6 Å². The average molecular weight is 385 g/mol. The van der Waals surface area contributed by atoms with Gasteiger partial charge in [0, 0.05) is 24.7 Å². The summed E-state index contributed by atoms with van der Waals surface area (Å²) in [4.78, 5) is 0.134. The van der Waals surface area contributed by atoms with Crippen molar-refractivity contribution in [2.75, 3.05) is 13.1 Å². The number of aryl methyl sites for hydroxylation is 2. The van der Waals surface area contributed by atoms with Gasteiger partial charge in [0.15, 0.2) is 0 Å². The van der Waals surface area contributed by atoms with Crippen LogP contribution in [0.15, 0.2) is 28.7 Å². The molecule has 140 valence electrons. The van der Waals surface area contributed by atoms with Gasteiger partial charge >= 0.3 is 0 Å². The number of aromatic amines is 1. The molecule has 2 heterocycles. The first-order valence-electron chi connectivity index (χ1n) is 8.06. The van der Waals surface area contributed by atoms with Gasteiger partial charge in [-0.3, -0.25) is 5.10 Å². The maximum absolute atomic E-state index is 14.6. The van der Waals surface area contributed by atoms with Crippen molar-refractivity contribution < 1.29 is 21.6 Å². The Kier molecular flexibility index (Phi) is 4.94. The summed E-state index contributed by atoms with van der Waals surface area (Å²) in [5.41, 5.74) is 0.841. The van der Waals surface area contributed by atoms with E-state index in [1.54, 1.807) is 13.8 Å². The zero-order valence-corrected chi connectivity index (χ0v) is 15.1. The van der Waals surface area contributed by atoms with Crippen LogP contribution in [-0.4, -0.2) is 36.0 Å². The zero-order chi connectivity index (χ0) is 19.1. The number of halogens is 3. The number of sulfonamides is 1. The van der Waals surface area contributed by atoms with E-state index in [4.69, 9.17) is 0 Å². The number of piperidine rings is 1. The molecule has 9 heteroatoms. The van der Waals surface area contributed by atoms with Gasteiger partial charge in [-0.25, -0.2) is 21.6 Å². The molecule has 0 spiro atoms. The van der Waals surface area contributed by atoms with Gasteiger partial charge in [0.25, 0.3) is 0 Å². The van der Waals surface area contributed by atoms with Crippen molar-refractivity contribution in [3.8, 4) is 0 Å². The van der Waals surface area contributed by atoms with Crippen molar-refractivity contribution in [3.63, 3.8) is 0 Å². The fourth-order valence-corrected chi connectivity index (χ4v) is 4.90. The first-order valence-corrected chi connectivity index (χ1v) is 9.50. The fraction of sp³-hybridized carbons (Fsp3) is 0.353. The number of aromatic nitrogens is 2. The van der Waals surface area contributed by atoms with E-state index in [0.717, 1.165) is 12.1 Å². The highest BCUT2D eigenvalue weighted by Crippen LogP contribution is 2.32. The number of nitrogens with one attached hydrogen (secondary N) is 1. The lowest BCUT2D eigenvalue weighted by molar-refractivity contribution is 0.384. The minimum absolute atomic E-state index is 0.0813. The summed E-state index contributed by atoms with van der Waals surface area (Å²) >= 11 is 0. The second-order valence-corrected chi connectivity index (χ2v) is 8.08. The van der Waals surface area contributed by atoms with E-state index in [0.29, 0.717) is 23.0 Å². The molecule has 3 rings (SSSR count). The van der Waals surface area contributed by atoms with Gasteiger partial charge in [-0.1, -0.05) is 0 Å². The third-order valence-electron chi connectivity index (χ3n) is 4.46. The van der Waals surface area contributed by atoms with Gasteiger partial charge in [0.05, 0.1) is 11.4 Å². The predicted molar refractivity (Wildman–Crippen MR) is 90.4 cm³/mol. The summed E-state index contributed by atoms with van der Waals surface area (Å²) in [6.07, 6.45) is 0.273. The minimum Gasteiger partial charge on any atom is -0.281 e. The molecule has 0 saturated carbocycles. The smallest absolute Gasteiger partial charge is 0.246 e. The summed E-state index contributed by atoms with van der Waals surface area (Å²) in [5.74, 6) is -2.51. The van der Waals surface area contributed by atoms with Gasteiger partial charge in [0.2, 0.25) is 10.0 Å². The lowest BCUT2D eigenvalue weighted by Gasteiger charge is -2.28. The molecule has 0 bridgehead atoms. The van der Waals surface area contributed by atoms with Crippen LogP contribution in [-0.2, 0) is 10.0 Å². The Labute approximate surface area is 149 Å². The predicted octanol–water partition coefficient (Wildman–Crippen LogP) is 3.47. The van der Waals surface area contributed by atoms with Gasteiger partial charge in [-0.15, -0.1) is 0 Å². The van der Waals surface area contributed by atoms with Gasteiger partial charge in [-0.2, -0.15) is 9.40 Å². The van der Waals surface area contributed by atoms with Crippen LogP contribution in [0, 0.1) is 25.5 Å². The summed E-state index contributed by atoms with van der Waals surface area (Å²) in [5, 5.41) is 6.55. The number of hydrogen-bond donors (Lipinski definition) is 1. The van der Waals surface area contributed by atoms with Gasteiger partial charge in [0.1, 0.15) is 22.4 Å². The van der Waals surface area contributed by atoms with E-state index in [9.17, 15) is 21.6 Å². The largest absolute Gasteiger partial charge is 0.281 e. The molecule has 1 aromatic heterocycles. The standard InChI is InChI=1S/C17H18F3N3O2S/c1-10-17(11(2)22-21-10)26(24,25)23-7-5-12(6-8-23)16(20)14-4-3-13(18)9-15(14)19/h3-4,9H,5-8H2,1-2H3,(H,21,22). The summed E-state index contributed by atoms with van der Waals surface area (Å²) < 4.78 is 68.2. The molecule has 0 unspecified atom stereocenters. The Balaban J connectivity index is 1.83. The molecule has 26 heavy (non-hydrogen) atoms. The third kappa shape index (κ3) is 3.28. The second kappa shape index (κ2) is 6.88. The topological polar surface area (TPSA) is 66.1 Å². The van der Waals surface area contributed by atoms with Crippen LogP contribution in [0.4, 0.5) is 13.2 Å². The molecule has 1 aliphatic heterocycles. The quantitative estimate of drug-likeness (QED) is 0.880. The highest BCUT2D eigenvalue weighted by Gasteiger charge is 2.32. The van der Waals surface area contributed by atoms with Crippen LogP contribution >= 0.6 is 0 Å². The van der Waals surface area contributed by atoms with Crippen LogP contribution in [0.5, 0.6) is 0 Å². The molecule has 5 nitrogen and oxygen atoms in total. The number of nitrogens with zero attached hydrogens (tertiary/aromatic N) is 2. The summed E-state index contributed by atoms with van der Waals surface area (Å²) in [7, 11) is -3.74. The van der Waals surface area contributed by atoms with Crippen LogP contribution in [0.3, 0.4) is 0 Å². The Morgan fingerprint density at radius 3 is 2.38 bits per heavy atom. The first kappa shape index (κ1) is 18.7. The van der Waals surface area contributed by atoms with Crippen molar-refractivity contribution in [1.82, 2.24) is 14.5 Å². The Bertz CT molecular complexity index is 954. The highest BCUT2D eigenvalue weighted by atomic mass is 32.2. The highest BCUT2D eigenvalue weighted by molar-refractivity contribution is 7.89. The SMILES string of the molecule is Cc1n[nH]c(C)c1S(=O)(=O)N1CCC(=C(F)c2ccc(F)cc2F)CC1. The van der Waals surface area contributed by atoms with Gasteiger partial charge < -0.3 is 0 Å². The minimum atomic E-state index is -3.74. The number of hydrogen-bond acceptors (Lipinski definition) is 3. The Hall–Kier alpha value is -2.13. The number of H-pyrrole nitrogens is 1. The number of rotatable bonds is 3. The van der Waals surface area contributed by atoms with E-state index in [-0.39, 0.29) is 36.4 Å². The van der Waals surface area contributed by atoms with Crippen molar-refractivity contribution in [3.05, 3.63) is 52.4 Å². The van der Waals surface area contributed by atoms with E-state index in [1.807, 2.05) is 0 Å². The molecule has 0 atom stereocenters. The van der Waals surface area contributed by atoms with Crippen LogP contribution < -0.4 is 0 Å². The Morgan fingerprint density at radius 2 is 1.85 bits per heavy atom. The van der Waals surface area contributed by atoms with Crippen molar-refractivity contribution >= 4 is 15.9 Å². The zero-order valence-electron chi connectivity index (χ0n) is 14.3. The lowest BCUT2D eigenvalue weighted by atomic mass is 10.0. The van der Waals surface area contributed by atoms with Crippen LogP contribution in [0.1, 0.15) is 29.8 Å². The van der Waals surface area contributed by atoms with Crippen molar-refractivity contribution in [1.29, 1.82) is 0 Å². The molecular formula is C17H18F3N3O2S. The second-order valence-electron chi connectivity index (χ2n) is 6.21. The molecule has 0 aliphatic carbocycles. The van der Waals surface area contributed by atoms with E-state index >= 15 is 0 Å². The fourth-order valence-electron chi connectivity index (χ4n) is 3.12.